The number of hydrogen-bond acceptors (Lipinski definition) is 3. The van der Waals surface area contributed by atoms with Crippen LogP contribution >= 0.6 is 12.4 Å². The zero-order valence-electron chi connectivity index (χ0n) is 13.2. The van der Waals surface area contributed by atoms with Gasteiger partial charge < -0.3 is 10.6 Å². The molecule has 1 saturated heterocycles. The smallest absolute Gasteiger partial charge is 0.220 e. The van der Waals surface area contributed by atoms with Gasteiger partial charge in [-0.3, -0.25) is 9.48 Å². The summed E-state index contributed by atoms with van der Waals surface area (Å²) in [6.45, 7) is 6.98. The zero-order chi connectivity index (χ0) is 14.5. The normalized spacial score (nSPS) is 17.6. The molecular weight excluding hydrogens is 288 g/mol. The summed E-state index contributed by atoms with van der Waals surface area (Å²) in [5.74, 6) is 0.861. The number of amides is 1. The monoisotopic (exact) mass is 314 g/mol. The van der Waals surface area contributed by atoms with Gasteiger partial charge in [-0.05, 0) is 57.7 Å². The van der Waals surface area contributed by atoms with Crippen LogP contribution in [-0.4, -0.2) is 35.3 Å². The number of nitrogens with one attached hydrogen (secondary N) is 2. The molecule has 1 atom stereocenters. The van der Waals surface area contributed by atoms with Crippen molar-refractivity contribution in [1.29, 1.82) is 0 Å². The van der Waals surface area contributed by atoms with Crippen LogP contribution in [0, 0.1) is 19.8 Å². The van der Waals surface area contributed by atoms with Gasteiger partial charge in [-0.15, -0.1) is 12.4 Å². The predicted octanol–water partition coefficient (Wildman–Crippen LogP) is 1.51. The lowest BCUT2D eigenvalue weighted by molar-refractivity contribution is -0.121. The van der Waals surface area contributed by atoms with Crippen molar-refractivity contribution in [2.24, 2.45) is 13.0 Å². The Morgan fingerprint density at radius 3 is 2.81 bits per heavy atom. The van der Waals surface area contributed by atoms with Crippen molar-refractivity contribution in [3.63, 3.8) is 0 Å². The lowest BCUT2D eigenvalue weighted by Crippen LogP contribution is -2.26. The molecule has 0 aromatic carbocycles. The molecule has 120 valence electrons. The minimum absolute atomic E-state index is 0. The average molecular weight is 315 g/mol. The van der Waals surface area contributed by atoms with Gasteiger partial charge in [0.15, 0.2) is 0 Å². The molecule has 2 rings (SSSR count). The highest BCUT2D eigenvalue weighted by Gasteiger charge is 2.15. The summed E-state index contributed by atoms with van der Waals surface area (Å²) < 4.78 is 1.90. The summed E-state index contributed by atoms with van der Waals surface area (Å²) in [5.41, 5.74) is 3.51. The molecule has 2 N–H and O–H groups in total. The van der Waals surface area contributed by atoms with E-state index in [1.807, 2.05) is 18.7 Å². The largest absolute Gasteiger partial charge is 0.356 e. The predicted molar refractivity (Wildman–Crippen MR) is 86.9 cm³/mol. The molecule has 1 aromatic heterocycles. The van der Waals surface area contributed by atoms with Crippen molar-refractivity contribution in [2.45, 2.75) is 39.5 Å². The van der Waals surface area contributed by atoms with E-state index in [0.717, 1.165) is 31.6 Å². The van der Waals surface area contributed by atoms with Crippen molar-refractivity contribution in [1.82, 2.24) is 20.4 Å². The van der Waals surface area contributed by atoms with Crippen molar-refractivity contribution >= 4 is 18.3 Å². The lowest BCUT2D eigenvalue weighted by Gasteiger charge is -2.09. The third-order valence-corrected chi connectivity index (χ3v) is 4.30. The highest BCUT2D eigenvalue weighted by atomic mass is 35.5. The summed E-state index contributed by atoms with van der Waals surface area (Å²) in [6.07, 6.45) is 3.73. The Balaban J connectivity index is 0.00000220. The maximum absolute atomic E-state index is 11.8. The summed E-state index contributed by atoms with van der Waals surface area (Å²) >= 11 is 0. The fourth-order valence-corrected chi connectivity index (χ4v) is 2.89. The average Bonchev–Trinajstić information content (AvgIpc) is 3.00. The molecule has 2 heterocycles. The number of carbonyl (C=O) groups is 1. The van der Waals surface area contributed by atoms with E-state index >= 15 is 0 Å². The van der Waals surface area contributed by atoms with Gasteiger partial charge in [-0.2, -0.15) is 5.10 Å². The Kier molecular flexibility index (Phi) is 7.18. The van der Waals surface area contributed by atoms with Crippen LogP contribution in [0.1, 0.15) is 36.2 Å². The van der Waals surface area contributed by atoms with Crippen molar-refractivity contribution in [2.75, 3.05) is 19.6 Å². The number of hydrogen-bond donors (Lipinski definition) is 2. The second kappa shape index (κ2) is 8.39. The van der Waals surface area contributed by atoms with Crippen LogP contribution < -0.4 is 10.6 Å². The van der Waals surface area contributed by atoms with Gasteiger partial charge in [0.25, 0.3) is 0 Å². The Morgan fingerprint density at radius 1 is 1.48 bits per heavy atom. The number of halogens is 1. The molecule has 1 aliphatic rings. The van der Waals surface area contributed by atoms with E-state index in [0.29, 0.717) is 18.9 Å². The first-order valence-electron chi connectivity index (χ1n) is 7.54. The molecule has 0 aliphatic carbocycles. The minimum atomic E-state index is 0. The third-order valence-electron chi connectivity index (χ3n) is 4.30. The second-order valence-corrected chi connectivity index (χ2v) is 5.77. The Bertz CT molecular complexity index is 466. The summed E-state index contributed by atoms with van der Waals surface area (Å²) in [7, 11) is 1.96. The molecule has 1 fully saturated rings. The van der Waals surface area contributed by atoms with E-state index < -0.39 is 0 Å². The Labute approximate surface area is 133 Å². The molecule has 0 saturated carbocycles. The standard InChI is InChI=1S/C15H26N4O.ClH/c1-11-14(12(2)19(3)18-11)7-9-17-15(20)5-4-13-6-8-16-10-13;/h13,16H,4-10H2,1-3H3,(H,17,20);1H. The van der Waals surface area contributed by atoms with E-state index in [1.54, 1.807) is 0 Å². The van der Waals surface area contributed by atoms with Crippen LogP contribution in [0.4, 0.5) is 0 Å². The van der Waals surface area contributed by atoms with Gasteiger partial charge in [-0.25, -0.2) is 0 Å². The molecule has 0 radical (unpaired) electrons. The van der Waals surface area contributed by atoms with E-state index in [9.17, 15) is 4.79 Å². The Morgan fingerprint density at radius 2 is 2.24 bits per heavy atom. The van der Waals surface area contributed by atoms with Crippen LogP contribution in [0.5, 0.6) is 0 Å². The van der Waals surface area contributed by atoms with Crippen LogP contribution in [-0.2, 0) is 18.3 Å². The minimum Gasteiger partial charge on any atom is -0.356 e. The maximum atomic E-state index is 11.8. The van der Waals surface area contributed by atoms with E-state index in [2.05, 4.69) is 22.7 Å². The maximum Gasteiger partial charge on any atom is 0.220 e. The molecule has 1 aliphatic heterocycles. The molecular formula is C15H27ClN4O. The van der Waals surface area contributed by atoms with Gasteiger partial charge in [-0.1, -0.05) is 0 Å². The van der Waals surface area contributed by atoms with Crippen molar-refractivity contribution < 1.29 is 4.79 Å². The van der Waals surface area contributed by atoms with Crippen LogP contribution in [0.2, 0.25) is 0 Å². The van der Waals surface area contributed by atoms with E-state index in [-0.39, 0.29) is 18.3 Å². The second-order valence-electron chi connectivity index (χ2n) is 5.77. The molecule has 6 heteroatoms. The van der Waals surface area contributed by atoms with Gasteiger partial charge in [0, 0.05) is 25.7 Å². The summed E-state index contributed by atoms with van der Waals surface area (Å²) in [5, 5.41) is 10.8. The molecule has 0 bridgehead atoms. The number of aryl methyl sites for hydroxylation is 2. The topological polar surface area (TPSA) is 59.0 Å². The first-order chi connectivity index (χ1) is 9.58. The number of nitrogens with zero attached hydrogens (tertiary/aromatic N) is 2. The molecule has 1 amide bonds. The van der Waals surface area contributed by atoms with Crippen LogP contribution in [0.3, 0.4) is 0 Å². The van der Waals surface area contributed by atoms with Gasteiger partial charge in [0.05, 0.1) is 5.69 Å². The summed E-state index contributed by atoms with van der Waals surface area (Å²) in [6, 6.07) is 0. The highest BCUT2D eigenvalue weighted by Crippen LogP contribution is 2.14. The van der Waals surface area contributed by atoms with Crippen molar-refractivity contribution in [3.05, 3.63) is 17.0 Å². The number of rotatable bonds is 6. The fraction of sp³-hybridized carbons (Fsp3) is 0.733. The first kappa shape index (κ1) is 18.0. The van der Waals surface area contributed by atoms with Gasteiger partial charge in [0.2, 0.25) is 5.91 Å². The zero-order valence-corrected chi connectivity index (χ0v) is 14.1. The van der Waals surface area contributed by atoms with Crippen LogP contribution in [0.25, 0.3) is 0 Å². The number of aromatic nitrogens is 2. The van der Waals surface area contributed by atoms with Gasteiger partial charge in [0.1, 0.15) is 0 Å². The van der Waals surface area contributed by atoms with Gasteiger partial charge >= 0.3 is 0 Å². The third kappa shape index (κ3) is 5.00. The van der Waals surface area contributed by atoms with E-state index in [4.69, 9.17) is 0 Å². The van der Waals surface area contributed by atoms with Crippen LogP contribution in [0.15, 0.2) is 0 Å². The Hall–Kier alpha value is -1.07. The molecule has 1 unspecified atom stereocenters. The summed E-state index contributed by atoms with van der Waals surface area (Å²) in [4.78, 5) is 11.8. The van der Waals surface area contributed by atoms with E-state index in [1.165, 1.54) is 17.7 Å². The van der Waals surface area contributed by atoms with Crippen molar-refractivity contribution in [3.8, 4) is 0 Å². The molecule has 1 aromatic rings. The molecule has 0 spiro atoms. The first-order valence-corrected chi connectivity index (χ1v) is 7.54. The molecule has 21 heavy (non-hydrogen) atoms. The SMILES string of the molecule is Cc1nn(C)c(C)c1CCNC(=O)CCC1CCNC1.Cl. The quantitative estimate of drug-likeness (QED) is 0.837. The highest BCUT2D eigenvalue weighted by molar-refractivity contribution is 5.85. The lowest BCUT2D eigenvalue weighted by atomic mass is 10.0. The fourth-order valence-electron chi connectivity index (χ4n) is 2.89. The molecule has 5 nitrogen and oxygen atoms in total. The number of carbonyl (C=O) groups excluding carboxylic acids is 1.